The Kier molecular flexibility index (Phi) is 2.64. The zero-order valence-corrected chi connectivity index (χ0v) is 10.4. The summed E-state index contributed by atoms with van der Waals surface area (Å²) in [5.41, 5.74) is 6.39. The molecule has 0 spiro atoms. The fraction of sp³-hybridized carbons (Fsp3) is 0.222. The maximum Gasteiger partial charge on any atom is 0.245 e. The van der Waals surface area contributed by atoms with Gasteiger partial charge in [-0.3, -0.25) is 4.79 Å². The molecule has 0 saturated carbocycles. The van der Waals surface area contributed by atoms with Crippen molar-refractivity contribution in [2.75, 3.05) is 11.4 Å². The second-order valence-corrected chi connectivity index (χ2v) is 4.83. The first-order valence-electron chi connectivity index (χ1n) is 4.12. The summed E-state index contributed by atoms with van der Waals surface area (Å²) >= 11 is 6.81. The van der Waals surface area contributed by atoms with Crippen LogP contribution in [0.4, 0.5) is 5.69 Å². The van der Waals surface area contributed by atoms with E-state index in [1.165, 1.54) is 0 Å². The monoisotopic (exact) mass is 318 g/mol. The fourth-order valence-electron chi connectivity index (χ4n) is 1.40. The Labute approximate surface area is 98.5 Å². The van der Waals surface area contributed by atoms with E-state index in [1.54, 1.807) is 4.90 Å². The van der Waals surface area contributed by atoms with E-state index >= 15 is 0 Å². The minimum atomic E-state index is -0.339. The first-order valence-corrected chi connectivity index (χ1v) is 5.71. The number of amides is 1. The van der Waals surface area contributed by atoms with Gasteiger partial charge in [0.25, 0.3) is 0 Å². The Balaban J connectivity index is 2.38. The highest BCUT2D eigenvalue weighted by Crippen LogP contribution is 2.36. The molecule has 1 aliphatic rings. The van der Waals surface area contributed by atoms with E-state index in [-0.39, 0.29) is 11.9 Å². The van der Waals surface area contributed by atoms with Crippen LogP contribution in [0.1, 0.15) is 0 Å². The summed E-state index contributed by atoms with van der Waals surface area (Å²) in [4.78, 5) is 13.1. The lowest BCUT2D eigenvalue weighted by Gasteiger charge is -2.37. The Morgan fingerprint density at radius 1 is 1.36 bits per heavy atom. The number of halogens is 2. The summed E-state index contributed by atoms with van der Waals surface area (Å²) in [7, 11) is 0. The van der Waals surface area contributed by atoms with E-state index in [0.717, 1.165) is 14.6 Å². The van der Waals surface area contributed by atoms with E-state index in [2.05, 4.69) is 31.9 Å². The van der Waals surface area contributed by atoms with Crippen LogP contribution < -0.4 is 10.6 Å². The molecule has 0 aromatic heterocycles. The van der Waals surface area contributed by atoms with Crippen molar-refractivity contribution in [3.05, 3.63) is 27.1 Å². The van der Waals surface area contributed by atoms with E-state index in [4.69, 9.17) is 5.73 Å². The third kappa shape index (κ3) is 1.49. The lowest BCUT2D eigenvalue weighted by atomic mass is 10.1. The molecule has 1 amide bonds. The number of carbonyl (C=O) groups excluding carboxylic acids is 1. The van der Waals surface area contributed by atoms with Crippen LogP contribution in [0.3, 0.4) is 0 Å². The predicted molar refractivity (Wildman–Crippen MR) is 62.2 cm³/mol. The average Bonchev–Trinajstić information content (AvgIpc) is 2.16. The number of nitrogens with two attached hydrogens (primary N) is 1. The summed E-state index contributed by atoms with van der Waals surface area (Å²) in [6.45, 7) is 0.583. The highest BCUT2D eigenvalue weighted by Gasteiger charge is 2.36. The highest BCUT2D eigenvalue weighted by molar-refractivity contribution is 9.11. The molecule has 74 valence electrons. The van der Waals surface area contributed by atoms with Crippen LogP contribution in [0, 0.1) is 0 Å². The van der Waals surface area contributed by atoms with Crippen molar-refractivity contribution in [2.45, 2.75) is 6.04 Å². The van der Waals surface area contributed by atoms with E-state index < -0.39 is 0 Å². The first kappa shape index (κ1) is 10.1. The highest BCUT2D eigenvalue weighted by atomic mass is 79.9. The van der Waals surface area contributed by atoms with Crippen molar-refractivity contribution >= 4 is 43.5 Å². The molecule has 3 nitrogen and oxygen atoms in total. The number of nitrogens with zero attached hydrogens (tertiary/aromatic N) is 1. The molecule has 1 atom stereocenters. The molecule has 1 aromatic rings. The quantitative estimate of drug-likeness (QED) is 0.803. The molecule has 1 aliphatic heterocycles. The number of para-hydroxylation sites is 1. The lowest BCUT2D eigenvalue weighted by Crippen LogP contribution is -2.61. The number of carbonyl (C=O) groups is 1. The van der Waals surface area contributed by atoms with Crippen LogP contribution in [0.5, 0.6) is 0 Å². The molecule has 1 fully saturated rings. The second-order valence-electron chi connectivity index (χ2n) is 3.13. The lowest BCUT2D eigenvalue weighted by molar-refractivity contribution is -0.123. The Bertz CT molecular complexity index is 374. The molecule has 2 rings (SSSR count). The number of β-lactam (4-membered cyclic amide) rings is 1. The van der Waals surface area contributed by atoms with Crippen molar-refractivity contribution in [3.8, 4) is 0 Å². The molecular weight excluding hydrogens is 312 g/mol. The smallest absolute Gasteiger partial charge is 0.245 e. The number of hydrogen-bond acceptors (Lipinski definition) is 2. The number of hydrogen-bond donors (Lipinski definition) is 1. The van der Waals surface area contributed by atoms with Crippen LogP contribution in [0.15, 0.2) is 27.1 Å². The number of benzene rings is 1. The zero-order valence-electron chi connectivity index (χ0n) is 7.21. The molecular formula is C9H8Br2N2O. The number of anilines is 1. The van der Waals surface area contributed by atoms with Crippen molar-refractivity contribution in [3.63, 3.8) is 0 Å². The fourth-order valence-corrected chi connectivity index (χ4v) is 2.83. The van der Waals surface area contributed by atoms with Crippen LogP contribution >= 0.6 is 31.9 Å². The molecule has 2 N–H and O–H groups in total. The minimum absolute atomic E-state index is 0.0300. The zero-order chi connectivity index (χ0) is 10.3. The Morgan fingerprint density at radius 2 is 1.93 bits per heavy atom. The van der Waals surface area contributed by atoms with Gasteiger partial charge in [0.05, 0.1) is 12.2 Å². The largest absolute Gasteiger partial charge is 0.318 e. The summed E-state index contributed by atoms with van der Waals surface area (Å²) < 4.78 is 1.79. The van der Waals surface area contributed by atoms with Gasteiger partial charge in [-0.05, 0) is 44.0 Å². The number of rotatable bonds is 1. The van der Waals surface area contributed by atoms with Gasteiger partial charge in [0.1, 0.15) is 6.04 Å². The molecule has 0 bridgehead atoms. The van der Waals surface area contributed by atoms with Gasteiger partial charge in [-0.15, -0.1) is 0 Å². The molecule has 5 heteroatoms. The topological polar surface area (TPSA) is 46.3 Å². The average molecular weight is 320 g/mol. The van der Waals surface area contributed by atoms with Crippen molar-refractivity contribution in [1.29, 1.82) is 0 Å². The maximum atomic E-state index is 11.4. The van der Waals surface area contributed by atoms with E-state index in [9.17, 15) is 4.79 Å². The molecule has 1 saturated heterocycles. The van der Waals surface area contributed by atoms with Crippen molar-refractivity contribution < 1.29 is 4.79 Å². The SMILES string of the molecule is NC1CN(c2c(Br)cccc2Br)C1=O. The predicted octanol–water partition coefficient (Wildman–Crippen LogP) is 1.89. The Hall–Kier alpha value is -0.390. The minimum Gasteiger partial charge on any atom is -0.318 e. The van der Waals surface area contributed by atoms with Gasteiger partial charge in [-0.1, -0.05) is 6.07 Å². The van der Waals surface area contributed by atoms with Gasteiger partial charge >= 0.3 is 0 Å². The van der Waals surface area contributed by atoms with Gasteiger partial charge in [-0.2, -0.15) is 0 Å². The van der Waals surface area contributed by atoms with Gasteiger partial charge in [0.2, 0.25) is 5.91 Å². The summed E-state index contributed by atoms with van der Waals surface area (Å²) in [6, 6.07) is 5.37. The van der Waals surface area contributed by atoms with Crippen LogP contribution in [0.2, 0.25) is 0 Å². The van der Waals surface area contributed by atoms with Crippen molar-refractivity contribution in [1.82, 2.24) is 0 Å². The first-order chi connectivity index (χ1) is 6.61. The van der Waals surface area contributed by atoms with Gasteiger partial charge in [-0.25, -0.2) is 0 Å². The molecule has 1 unspecified atom stereocenters. The third-order valence-corrected chi connectivity index (χ3v) is 3.45. The third-order valence-electron chi connectivity index (χ3n) is 2.17. The second kappa shape index (κ2) is 3.64. The van der Waals surface area contributed by atoms with Crippen molar-refractivity contribution in [2.24, 2.45) is 5.73 Å². The van der Waals surface area contributed by atoms with Crippen LogP contribution in [-0.2, 0) is 4.79 Å². The summed E-state index contributed by atoms with van der Waals surface area (Å²) in [5, 5.41) is 0. The van der Waals surface area contributed by atoms with E-state index in [0.29, 0.717) is 6.54 Å². The van der Waals surface area contributed by atoms with Gasteiger partial charge in [0.15, 0.2) is 0 Å². The molecule has 0 aliphatic carbocycles. The Morgan fingerprint density at radius 3 is 2.36 bits per heavy atom. The van der Waals surface area contributed by atoms with E-state index in [1.807, 2.05) is 18.2 Å². The van der Waals surface area contributed by atoms with Crippen LogP contribution in [-0.4, -0.2) is 18.5 Å². The van der Waals surface area contributed by atoms with Gasteiger partial charge in [0, 0.05) is 8.95 Å². The molecule has 1 aromatic carbocycles. The van der Waals surface area contributed by atoms with Crippen LogP contribution in [0.25, 0.3) is 0 Å². The molecule has 14 heavy (non-hydrogen) atoms. The summed E-state index contributed by atoms with van der Waals surface area (Å²) in [5.74, 6) is -0.0300. The standard InChI is InChI=1S/C9H8Br2N2O/c10-5-2-1-3-6(11)8(5)13-4-7(12)9(13)14/h1-3,7H,4,12H2. The normalized spacial score (nSPS) is 20.9. The maximum absolute atomic E-state index is 11.4. The summed E-state index contributed by atoms with van der Waals surface area (Å²) in [6.07, 6.45) is 0. The molecule has 1 heterocycles. The van der Waals surface area contributed by atoms with Gasteiger partial charge < -0.3 is 10.6 Å². The molecule has 0 radical (unpaired) electrons.